The van der Waals surface area contributed by atoms with Gasteiger partial charge in [-0.2, -0.15) is 4.98 Å². The third-order valence-electron chi connectivity index (χ3n) is 7.78. The summed E-state index contributed by atoms with van der Waals surface area (Å²) in [6.07, 6.45) is 2.36. The molecule has 1 aromatic heterocycles. The van der Waals surface area contributed by atoms with E-state index in [1.54, 1.807) is 6.07 Å². The van der Waals surface area contributed by atoms with Crippen LogP contribution in [0.15, 0.2) is 16.9 Å². The fraction of sp³-hybridized carbons (Fsp3) is 0.577. The van der Waals surface area contributed by atoms with Gasteiger partial charge < -0.3 is 29.4 Å². The maximum atomic E-state index is 15.6. The van der Waals surface area contributed by atoms with Crippen LogP contribution in [-0.4, -0.2) is 93.0 Å². The van der Waals surface area contributed by atoms with Crippen LogP contribution in [0.2, 0.25) is 0 Å². The molecule has 0 atom stereocenters. The molecule has 1 amide bonds. The molecule has 200 valence electrons. The number of amides is 1. The van der Waals surface area contributed by atoms with Crippen LogP contribution in [0.3, 0.4) is 0 Å². The number of nitrogens with one attached hydrogen (secondary N) is 1. The molecule has 1 aromatic carbocycles. The number of aromatic nitrogens is 2. The molecule has 3 aliphatic rings. The van der Waals surface area contributed by atoms with Crippen LogP contribution in [0.5, 0.6) is 5.75 Å². The number of nitrogens with zero attached hydrogens (tertiary/aromatic N) is 5. The minimum absolute atomic E-state index is 0.0872. The Balaban J connectivity index is 1.42. The van der Waals surface area contributed by atoms with Gasteiger partial charge >= 0.3 is 0 Å². The Morgan fingerprint density at radius 3 is 2.68 bits per heavy atom. The minimum atomic E-state index is -1.03. The van der Waals surface area contributed by atoms with Crippen LogP contribution in [0.25, 0.3) is 0 Å². The average Bonchev–Trinajstić information content (AvgIpc) is 3.08. The number of halogens is 1. The molecule has 1 spiro atoms. The second kappa shape index (κ2) is 9.94. The number of carbonyl (C=O) groups excluding carboxylic acids is 1. The number of rotatable bonds is 7. The van der Waals surface area contributed by atoms with E-state index in [2.05, 4.69) is 4.98 Å². The highest BCUT2D eigenvalue weighted by atomic mass is 19.1. The fourth-order valence-corrected chi connectivity index (χ4v) is 5.81. The van der Waals surface area contributed by atoms with Gasteiger partial charge in [0.25, 0.3) is 5.56 Å². The summed E-state index contributed by atoms with van der Waals surface area (Å²) in [7, 11) is 5.79. The normalized spacial score (nSPS) is 18.5. The highest BCUT2D eigenvalue weighted by Gasteiger charge is 2.54. The van der Waals surface area contributed by atoms with Crippen LogP contribution in [0.4, 0.5) is 21.8 Å². The average molecular weight is 515 g/mol. The Labute approximate surface area is 215 Å². The quantitative estimate of drug-likeness (QED) is 0.566. The van der Waals surface area contributed by atoms with Crippen LogP contribution < -0.4 is 25.0 Å². The number of aliphatic hydroxyl groups is 1. The molecule has 1 saturated heterocycles. The van der Waals surface area contributed by atoms with Crippen molar-refractivity contribution in [3.05, 3.63) is 39.4 Å². The molecule has 0 unspecified atom stereocenters. The van der Waals surface area contributed by atoms with E-state index in [0.717, 1.165) is 13.0 Å². The van der Waals surface area contributed by atoms with Crippen LogP contribution in [-0.2, 0) is 16.6 Å². The molecule has 11 heteroatoms. The first-order chi connectivity index (χ1) is 17.7. The molecular formula is C26H35FN6O4. The van der Waals surface area contributed by atoms with Gasteiger partial charge in [0.2, 0.25) is 11.9 Å². The number of anilines is 3. The zero-order valence-corrected chi connectivity index (χ0v) is 21.7. The SMILES string of the molecule is CN(C)CCOc1cc(F)c2c(c1)N(CCO)C(=O)C21CCN(c2nc3c(c(=O)[nH]2)CCCN3C)CC1. The monoisotopic (exact) mass is 514 g/mol. The van der Waals surface area contributed by atoms with E-state index < -0.39 is 11.2 Å². The lowest BCUT2D eigenvalue weighted by atomic mass is 9.73. The van der Waals surface area contributed by atoms with Crippen molar-refractivity contribution in [2.24, 2.45) is 0 Å². The van der Waals surface area contributed by atoms with Crippen molar-refractivity contribution in [3.63, 3.8) is 0 Å². The first kappa shape index (κ1) is 25.5. The van der Waals surface area contributed by atoms with E-state index in [9.17, 15) is 14.7 Å². The number of benzene rings is 1. The summed E-state index contributed by atoms with van der Waals surface area (Å²) in [6.45, 7) is 2.64. The van der Waals surface area contributed by atoms with Gasteiger partial charge in [-0.3, -0.25) is 14.6 Å². The van der Waals surface area contributed by atoms with Gasteiger partial charge in [-0.15, -0.1) is 0 Å². The van der Waals surface area contributed by atoms with Crippen LogP contribution in [0, 0.1) is 5.82 Å². The highest BCUT2D eigenvalue weighted by Crippen LogP contribution is 2.50. The standard InChI is InChI=1S/C26H35FN6O4/c1-30(2)12-14-37-17-15-19(27)21-20(16-17)33(11-13-34)24(36)26(21)6-9-32(10-7-26)25-28-22-18(23(35)29-25)5-4-8-31(22)3/h15-16,34H,4-14H2,1-3H3,(H,28,29,35). The molecule has 0 bridgehead atoms. The maximum Gasteiger partial charge on any atom is 0.257 e. The van der Waals surface area contributed by atoms with Crippen LogP contribution >= 0.6 is 0 Å². The zero-order chi connectivity index (χ0) is 26.3. The molecule has 2 N–H and O–H groups in total. The summed E-state index contributed by atoms with van der Waals surface area (Å²) in [5.41, 5.74) is 0.386. The summed E-state index contributed by atoms with van der Waals surface area (Å²) in [5, 5.41) is 9.65. The molecule has 2 aromatic rings. The molecule has 5 rings (SSSR count). The third-order valence-corrected chi connectivity index (χ3v) is 7.78. The predicted octanol–water partition coefficient (Wildman–Crippen LogP) is 1.11. The Hall–Kier alpha value is -3.18. The number of aromatic amines is 1. The second-order valence-electron chi connectivity index (χ2n) is 10.4. The van der Waals surface area contributed by atoms with Gasteiger partial charge in [0.1, 0.15) is 24.0 Å². The van der Waals surface area contributed by atoms with E-state index in [4.69, 9.17) is 9.72 Å². The molecular weight excluding hydrogens is 479 g/mol. The number of piperidine rings is 1. The number of ether oxygens (including phenoxy) is 1. The van der Waals surface area contributed by atoms with E-state index in [1.165, 1.54) is 11.0 Å². The number of H-pyrrole nitrogens is 1. The number of fused-ring (bicyclic) bond motifs is 3. The van der Waals surface area contributed by atoms with E-state index in [0.29, 0.717) is 79.8 Å². The molecule has 0 saturated carbocycles. The number of likely N-dealkylation sites (N-methyl/N-ethyl adjacent to an activating group) is 1. The number of hydrogen-bond donors (Lipinski definition) is 2. The lowest BCUT2D eigenvalue weighted by molar-refractivity contribution is -0.124. The topological polar surface area (TPSA) is 105 Å². The largest absolute Gasteiger partial charge is 0.492 e. The summed E-state index contributed by atoms with van der Waals surface area (Å²) >= 11 is 0. The van der Waals surface area contributed by atoms with Crippen molar-refractivity contribution in [1.29, 1.82) is 0 Å². The fourth-order valence-electron chi connectivity index (χ4n) is 5.81. The Morgan fingerprint density at radius 2 is 1.97 bits per heavy atom. The van der Waals surface area contributed by atoms with Gasteiger partial charge in [-0.25, -0.2) is 4.39 Å². The Bertz CT molecular complexity index is 1240. The number of hydrogen-bond acceptors (Lipinski definition) is 8. The van der Waals surface area contributed by atoms with Gasteiger partial charge in [0.05, 0.1) is 23.3 Å². The second-order valence-corrected chi connectivity index (χ2v) is 10.4. The minimum Gasteiger partial charge on any atom is -0.492 e. The summed E-state index contributed by atoms with van der Waals surface area (Å²) < 4.78 is 21.4. The molecule has 0 aliphatic carbocycles. The Kier molecular flexibility index (Phi) is 6.84. The molecule has 4 heterocycles. The zero-order valence-electron chi connectivity index (χ0n) is 21.7. The molecule has 3 aliphatic heterocycles. The molecule has 10 nitrogen and oxygen atoms in total. The van der Waals surface area contributed by atoms with E-state index >= 15 is 4.39 Å². The summed E-state index contributed by atoms with van der Waals surface area (Å²) in [4.78, 5) is 41.6. The Morgan fingerprint density at radius 1 is 1.22 bits per heavy atom. The first-order valence-electron chi connectivity index (χ1n) is 12.9. The highest BCUT2D eigenvalue weighted by molar-refractivity contribution is 6.08. The van der Waals surface area contributed by atoms with Crippen molar-refractivity contribution in [2.75, 3.05) is 81.8 Å². The lowest BCUT2D eigenvalue weighted by Crippen LogP contribution is -2.50. The van der Waals surface area contributed by atoms with Crippen molar-refractivity contribution in [2.45, 2.75) is 31.1 Å². The molecule has 0 radical (unpaired) electrons. The first-order valence-corrected chi connectivity index (χ1v) is 12.9. The van der Waals surface area contributed by atoms with E-state index in [-0.39, 0.29) is 24.6 Å². The molecule has 1 fully saturated rings. The van der Waals surface area contributed by atoms with Gasteiger partial charge in [-0.05, 0) is 39.8 Å². The van der Waals surface area contributed by atoms with Gasteiger partial charge in [-0.1, -0.05) is 0 Å². The lowest BCUT2D eigenvalue weighted by Gasteiger charge is -2.39. The summed E-state index contributed by atoms with van der Waals surface area (Å²) in [6, 6.07) is 3.07. The van der Waals surface area contributed by atoms with E-state index in [1.807, 2.05) is 35.8 Å². The predicted molar refractivity (Wildman–Crippen MR) is 139 cm³/mol. The van der Waals surface area contributed by atoms with Crippen molar-refractivity contribution in [3.8, 4) is 5.75 Å². The van der Waals surface area contributed by atoms with Crippen molar-refractivity contribution >= 4 is 23.4 Å². The number of aliphatic hydroxyl groups excluding tert-OH is 1. The van der Waals surface area contributed by atoms with Crippen molar-refractivity contribution in [1.82, 2.24) is 14.9 Å². The van der Waals surface area contributed by atoms with Gasteiger partial charge in [0, 0.05) is 57.5 Å². The van der Waals surface area contributed by atoms with Crippen molar-refractivity contribution < 1.29 is 19.0 Å². The summed E-state index contributed by atoms with van der Waals surface area (Å²) in [5.74, 6) is 0.877. The number of β-amino-alcohol motifs (C(OH)–C–C–N with tert-alkyl or cyclic N) is 1. The smallest absolute Gasteiger partial charge is 0.257 e. The van der Waals surface area contributed by atoms with Gasteiger partial charge in [0.15, 0.2) is 0 Å². The maximum absolute atomic E-state index is 15.6. The number of carbonyl (C=O) groups is 1. The van der Waals surface area contributed by atoms with Crippen LogP contribution in [0.1, 0.15) is 30.4 Å². The third kappa shape index (κ3) is 4.44. The molecule has 37 heavy (non-hydrogen) atoms.